The van der Waals surface area contributed by atoms with E-state index in [1.807, 2.05) is 35.0 Å². The molecule has 3 aromatic rings. The fourth-order valence-electron chi connectivity index (χ4n) is 2.52. The van der Waals surface area contributed by atoms with Crippen LogP contribution in [0.3, 0.4) is 0 Å². The van der Waals surface area contributed by atoms with E-state index in [0.717, 1.165) is 15.8 Å². The average molecular weight is 415 g/mol. The number of fused-ring (bicyclic) bond motifs is 1. The summed E-state index contributed by atoms with van der Waals surface area (Å²) >= 11 is 3.33. The zero-order valence-corrected chi connectivity index (χ0v) is 15.7. The van der Waals surface area contributed by atoms with Gasteiger partial charge in [-0.2, -0.15) is 0 Å². The van der Waals surface area contributed by atoms with E-state index in [2.05, 4.69) is 31.5 Å². The van der Waals surface area contributed by atoms with Crippen LogP contribution < -0.4 is 10.6 Å². The predicted octanol–water partition coefficient (Wildman–Crippen LogP) is 2.58. The van der Waals surface area contributed by atoms with E-state index in [9.17, 15) is 9.59 Å². The average Bonchev–Trinajstić information content (AvgIpc) is 3.05. The van der Waals surface area contributed by atoms with Crippen LogP contribution in [0.5, 0.6) is 0 Å². The summed E-state index contributed by atoms with van der Waals surface area (Å²) in [6.45, 7) is 0.818. The number of carbonyl (C=O) groups is 2. The zero-order valence-electron chi connectivity index (χ0n) is 14.1. The number of amides is 2. The topological polar surface area (TPSA) is 75.5 Å². The molecule has 0 atom stereocenters. The van der Waals surface area contributed by atoms with Gasteiger partial charge in [-0.1, -0.05) is 22.0 Å². The first-order chi connectivity index (χ1) is 12.6. The van der Waals surface area contributed by atoms with E-state index >= 15 is 0 Å². The molecule has 2 N–H and O–H groups in total. The normalized spacial score (nSPS) is 10.7. The highest BCUT2D eigenvalue weighted by molar-refractivity contribution is 9.10. The summed E-state index contributed by atoms with van der Waals surface area (Å²) < 4.78 is 2.87. The Morgan fingerprint density at radius 2 is 1.85 bits per heavy atom. The molecule has 0 saturated heterocycles. The smallest absolute Gasteiger partial charge is 0.251 e. The summed E-state index contributed by atoms with van der Waals surface area (Å²) in [5, 5.41) is 5.60. The Balaban J connectivity index is 1.36. The predicted molar refractivity (Wildman–Crippen MR) is 103 cm³/mol. The van der Waals surface area contributed by atoms with Crippen LogP contribution in [0.15, 0.2) is 59.3 Å². The first-order valence-electron chi connectivity index (χ1n) is 8.35. The molecule has 0 unspecified atom stereocenters. The number of nitrogens with zero attached hydrogens (tertiary/aromatic N) is 2. The molecule has 2 amide bonds. The molecule has 0 aliphatic carbocycles. The maximum atomic E-state index is 12.0. The Kier molecular flexibility index (Phi) is 6.01. The van der Waals surface area contributed by atoms with Gasteiger partial charge in [0.1, 0.15) is 5.65 Å². The Labute approximate surface area is 159 Å². The van der Waals surface area contributed by atoms with Gasteiger partial charge >= 0.3 is 0 Å². The highest BCUT2D eigenvalue weighted by atomic mass is 79.9. The number of rotatable bonds is 7. The van der Waals surface area contributed by atoms with Crippen molar-refractivity contribution < 1.29 is 9.59 Å². The van der Waals surface area contributed by atoms with Gasteiger partial charge in [0.2, 0.25) is 5.91 Å². The largest absolute Gasteiger partial charge is 0.356 e. The second kappa shape index (κ2) is 8.62. The van der Waals surface area contributed by atoms with Crippen LogP contribution in [-0.2, 0) is 11.2 Å². The van der Waals surface area contributed by atoms with Crippen molar-refractivity contribution in [2.45, 2.75) is 12.8 Å². The lowest BCUT2D eigenvalue weighted by Crippen LogP contribution is -2.31. The van der Waals surface area contributed by atoms with Crippen LogP contribution >= 0.6 is 15.9 Å². The van der Waals surface area contributed by atoms with Crippen molar-refractivity contribution in [1.82, 2.24) is 20.0 Å². The van der Waals surface area contributed by atoms with Crippen molar-refractivity contribution in [2.75, 3.05) is 13.1 Å². The van der Waals surface area contributed by atoms with Gasteiger partial charge in [-0.25, -0.2) is 4.98 Å². The first kappa shape index (κ1) is 18.1. The summed E-state index contributed by atoms with van der Waals surface area (Å²) in [7, 11) is 0. The molecule has 6 nitrogen and oxygen atoms in total. The van der Waals surface area contributed by atoms with Crippen LogP contribution in [0.4, 0.5) is 0 Å². The molecule has 0 fully saturated rings. The van der Waals surface area contributed by atoms with E-state index in [0.29, 0.717) is 25.1 Å². The summed E-state index contributed by atoms with van der Waals surface area (Å²) in [5.74, 6) is -0.278. The number of nitrogens with one attached hydrogen (secondary N) is 2. The Hall–Kier alpha value is -2.67. The Morgan fingerprint density at radius 1 is 1.04 bits per heavy atom. The number of pyridine rings is 1. The number of hydrogen-bond donors (Lipinski definition) is 2. The number of hydrogen-bond acceptors (Lipinski definition) is 3. The molecule has 2 aromatic heterocycles. The molecular weight excluding hydrogens is 396 g/mol. The molecule has 7 heteroatoms. The quantitative estimate of drug-likeness (QED) is 0.623. The van der Waals surface area contributed by atoms with E-state index in [-0.39, 0.29) is 18.2 Å². The van der Waals surface area contributed by atoms with E-state index < -0.39 is 0 Å². The summed E-state index contributed by atoms with van der Waals surface area (Å²) in [5.41, 5.74) is 2.39. The van der Waals surface area contributed by atoms with Gasteiger partial charge in [0.05, 0.1) is 5.69 Å². The third kappa shape index (κ3) is 4.92. The lowest BCUT2D eigenvalue weighted by Gasteiger charge is -2.06. The number of imidazole rings is 1. The van der Waals surface area contributed by atoms with Crippen LogP contribution in [0.25, 0.3) is 5.65 Å². The molecule has 0 bridgehead atoms. The van der Waals surface area contributed by atoms with Crippen molar-refractivity contribution in [3.63, 3.8) is 0 Å². The van der Waals surface area contributed by atoms with Crippen LogP contribution in [-0.4, -0.2) is 34.3 Å². The standard InChI is InChI=1S/C19H19BrN4O2/c20-15-6-4-14(5-7-15)19(26)22-11-9-18(25)21-10-8-16-13-24-12-2-1-3-17(24)23-16/h1-7,12-13H,8-11H2,(H,21,25)(H,22,26). The van der Waals surface area contributed by atoms with E-state index in [4.69, 9.17) is 0 Å². The molecule has 1 aromatic carbocycles. The van der Waals surface area contributed by atoms with Gasteiger partial charge in [-0.15, -0.1) is 0 Å². The van der Waals surface area contributed by atoms with Gasteiger partial charge in [0, 0.05) is 48.4 Å². The monoisotopic (exact) mass is 414 g/mol. The molecular formula is C19H19BrN4O2. The molecule has 2 heterocycles. The van der Waals surface area contributed by atoms with Crippen molar-refractivity contribution in [3.05, 3.63) is 70.6 Å². The molecule has 26 heavy (non-hydrogen) atoms. The van der Waals surface area contributed by atoms with Crippen LogP contribution in [0.2, 0.25) is 0 Å². The van der Waals surface area contributed by atoms with Gasteiger partial charge in [0.15, 0.2) is 0 Å². The van der Waals surface area contributed by atoms with Crippen molar-refractivity contribution >= 4 is 33.4 Å². The summed E-state index contributed by atoms with van der Waals surface area (Å²) in [6, 6.07) is 12.9. The lowest BCUT2D eigenvalue weighted by atomic mass is 10.2. The fourth-order valence-corrected chi connectivity index (χ4v) is 2.78. The van der Waals surface area contributed by atoms with Crippen LogP contribution in [0.1, 0.15) is 22.5 Å². The maximum Gasteiger partial charge on any atom is 0.251 e. The van der Waals surface area contributed by atoms with Crippen molar-refractivity contribution in [3.8, 4) is 0 Å². The Bertz CT molecular complexity index is 872. The molecule has 0 spiro atoms. The molecule has 0 saturated carbocycles. The van der Waals surface area contributed by atoms with Gasteiger partial charge in [-0.3, -0.25) is 9.59 Å². The SMILES string of the molecule is O=C(CCNC(=O)c1ccc(Br)cc1)NCCc1cn2ccccc2n1. The Morgan fingerprint density at radius 3 is 2.62 bits per heavy atom. The maximum absolute atomic E-state index is 12.0. The van der Waals surface area contributed by atoms with Crippen molar-refractivity contribution in [2.24, 2.45) is 0 Å². The number of carbonyl (C=O) groups excluding carboxylic acids is 2. The second-order valence-electron chi connectivity index (χ2n) is 5.81. The van der Waals surface area contributed by atoms with Gasteiger partial charge < -0.3 is 15.0 Å². The molecule has 0 aliphatic rings. The minimum Gasteiger partial charge on any atom is -0.356 e. The first-order valence-corrected chi connectivity index (χ1v) is 9.14. The lowest BCUT2D eigenvalue weighted by molar-refractivity contribution is -0.120. The van der Waals surface area contributed by atoms with E-state index in [1.165, 1.54) is 0 Å². The fraction of sp³-hybridized carbons (Fsp3) is 0.211. The summed E-state index contributed by atoms with van der Waals surface area (Å²) in [6.07, 6.45) is 4.81. The number of halogens is 1. The van der Waals surface area contributed by atoms with Crippen LogP contribution in [0, 0.1) is 0 Å². The second-order valence-corrected chi connectivity index (χ2v) is 6.73. The van der Waals surface area contributed by atoms with Gasteiger partial charge in [0.25, 0.3) is 5.91 Å². The summed E-state index contributed by atoms with van der Waals surface area (Å²) in [4.78, 5) is 28.3. The molecule has 0 radical (unpaired) electrons. The minimum atomic E-state index is -0.185. The highest BCUT2D eigenvalue weighted by Crippen LogP contribution is 2.10. The molecule has 3 rings (SSSR count). The molecule has 134 valence electrons. The molecule has 0 aliphatic heterocycles. The number of aromatic nitrogens is 2. The third-order valence-corrected chi connectivity index (χ3v) is 4.39. The highest BCUT2D eigenvalue weighted by Gasteiger charge is 2.07. The third-order valence-electron chi connectivity index (χ3n) is 3.86. The zero-order chi connectivity index (χ0) is 18.4. The van der Waals surface area contributed by atoms with Crippen molar-refractivity contribution in [1.29, 1.82) is 0 Å². The minimum absolute atomic E-state index is 0.0927. The van der Waals surface area contributed by atoms with E-state index in [1.54, 1.807) is 24.3 Å². The number of benzene rings is 1. The van der Waals surface area contributed by atoms with Gasteiger partial charge in [-0.05, 0) is 36.4 Å².